The van der Waals surface area contributed by atoms with Crippen molar-refractivity contribution in [2.24, 2.45) is 0 Å². The molecule has 124 valence electrons. The molecule has 6 heteroatoms. The van der Waals surface area contributed by atoms with E-state index in [-0.39, 0.29) is 12.1 Å². The normalized spacial score (nSPS) is 11.6. The van der Waals surface area contributed by atoms with Gasteiger partial charge in [0, 0.05) is 31.0 Å². The molecular weight excluding hydrogens is 315 g/mol. The number of anilines is 1. The zero-order chi connectivity index (χ0) is 17.2. The van der Waals surface area contributed by atoms with E-state index < -0.39 is 11.7 Å². The maximum atomic E-state index is 13.1. The van der Waals surface area contributed by atoms with E-state index in [4.69, 9.17) is 5.73 Å². The maximum Gasteiger partial charge on any atom is 0.416 e. The van der Waals surface area contributed by atoms with Crippen LogP contribution < -0.4 is 5.73 Å². The molecule has 3 nitrogen and oxygen atoms in total. The number of para-hydroxylation sites is 1. The predicted octanol–water partition coefficient (Wildman–Crippen LogP) is 4.12. The highest BCUT2D eigenvalue weighted by Gasteiger charge is 2.32. The molecule has 0 atom stereocenters. The molecule has 24 heavy (non-hydrogen) atoms. The zero-order valence-electron chi connectivity index (χ0n) is 12.8. The second kappa shape index (κ2) is 6.39. The van der Waals surface area contributed by atoms with E-state index in [1.165, 1.54) is 12.1 Å². The number of benzene rings is 2. The third kappa shape index (κ3) is 3.42. The number of nitrogen functional groups attached to an aromatic ring is 1. The van der Waals surface area contributed by atoms with E-state index >= 15 is 0 Å². The molecule has 0 aliphatic rings. The number of aromatic nitrogens is 2. The van der Waals surface area contributed by atoms with Crippen LogP contribution >= 0.6 is 0 Å². The lowest BCUT2D eigenvalue weighted by atomic mass is 10.1. The first kappa shape index (κ1) is 16.1. The van der Waals surface area contributed by atoms with Gasteiger partial charge in [-0.2, -0.15) is 13.2 Å². The molecule has 0 aliphatic heterocycles. The van der Waals surface area contributed by atoms with Gasteiger partial charge in [0.2, 0.25) is 0 Å². The van der Waals surface area contributed by atoms with Gasteiger partial charge in [0.15, 0.2) is 0 Å². The smallest absolute Gasteiger partial charge is 0.398 e. The number of halogens is 3. The third-order valence-electron chi connectivity index (χ3n) is 3.87. The number of imidazole rings is 1. The Labute approximate surface area is 137 Å². The Morgan fingerprint density at radius 1 is 0.958 bits per heavy atom. The number of hydrogen-bond acceptors (Lipinski definition) is 2. The van der Waals surface area contributed by atoms with Gasteiger partial charge < -0.3 is 10.3 Å². The Hall–Kier alpha value is -2.76. The minimum Gasteiger partial charge on any atom is -0.398 e. The molecular formula is C18H16F3N3. The van der Waals surface area contributed by atoms with Gasteiger partial charge in [-0.3, -0.25) is 0 Å². The third-order valence-corrected chi connectivity index (χ3v) is 3.87. The Bertz CT molecular complexity index is 837. The second-order valence-corrected chi connectivity index (χ2v) is 5.50. The Kier molecular flexibility index (Phi) is 4.29. The van der Waals surface area contributed by atoms with Gasteiger partial charge in [-0.05, 0) is 23.3 Å². The monoisotopic (exact) mass is 331 g/mol. The van der Waals surface area contributed by atoms with Crippen molar-refractivity contribution in [3.8, 4) is 0 Å². The van der Waals surface area contributed by atoms with Crippen molar-refractivity contribution >= 4 is 5.69 Å². The van der Waals surface area contributed by atoms with E-state index in [0.29, 0.717) is 17.9 Å². The van der Waals surface area contributed by atoms with Crippen molar-refractivity contribution in [3.05, 3.63) is 83.4 Å². The highest BCUT2D eigenvalue weighted by Crippen LogP contribution is 2.32. The average Bonchev–Trinajstić information content (AvgIpc) is 2.96. The minimum atomic E-state index is -4.37. The lowest BCUT2D eigenvalue weighted by Crippen LogP contribution is -2.13. The van der Waals surface area contributed by atoms with Gasteiger partial charge in [0.05, 0.1) is 5.56 Å². The molecule has 0 amide bonds. The molecule has 1 aromatic heterocycles. The molecule has 3 rings (SSSR count). The van der Waals surface area contributed by atoms with Crippen LogP contribution in [0.4, 0.5) is 18.9 Å². The van der Waals surface area contributed by atoms with Crippen molar-refractivity contribution in [2.45, 2.75) is 19.1 Å². The summed E-state index contributed by atoms with van der Waals surface area (Å²) in [5.41, 5.74) is 7.07. The van der Waals surface area contributed by atoms with Crippen molar-refractivity contribution in [3.63, 3.8) is 0 Å². The molecule has 0 aliphatic carbocycles. The van der Waals surface area contributed by atoms with Crippen LogP contribution in [0.1, 0.15) is 22.5 Å². The summed E-state index contributed by atoms with van der Waals surface area (Å²) in [6.07, 6.45) is -0.638. The van der Waals surface area contributed by atoms with E-state index in [2.05, 4.69) is 4.98 Å². The summed E-state index contributed by atoms with van der Waals surface area (Å²) in [6, 6.07) is 13.0. The van der Waals surface area contributed by atoms with Crippen molar-refractivity contribution in [1.82, 2.24) is 9.55 Å². The van der Waals surface area contributed by atoms with Crippen LogP contribution in [0.3, 0.4) is 0 Å². The van der Waals surface area contributed by atoms with Crippen LogP contribution in [0.25, 0.3) is 0 Å². The van der Waals surface area contributed by atoms with Crippen molar-refractivity contribution < 1.29 is 13.2 Å². The SMILES string of the molecule is Nc1ccccc1Cc1nccn1Cc1ccccc1C(F)(F)F. The summed E-state index contributed by atoms with van der Waals surface area (Å²) in [6.45, 7) is 0.109. The first-order valence-electron chi connectivity index (χ1n) is 7.43. The number of alkyl halides is 3. The van der Waals surface area contributed by atoms with Gasteiger partial charge in [0.25, 0.3) is 0 Å². The number of hydrogen-bond donors (Lipinski definition) is 1. The van der Waals surface area contributed by atoms with Crippen LogP contribution in [0.15, 0.2) is 60.9 Å². The van der Waals surface area contributed by atoms with Crippen LogP contribution in [0, 0.1) is 0 Å². The van der Waals surface area contributed by atoms with Gasteiger partial charge in [0.1, 0.15) is 5.82 Å². The molecule has 2 N–H and O–H groups in total. The molecule has 0 fully saturated rings. The fourth-order valence-corrected chi connectivity index (χ4v) is 2.63. The summed E-state index contributed by atoms with van der Waals surface area (Å²) in [5, 5.41) is 0. The average molecular weight is 331 g/mol. The number of nitrogens with two attached hydrogens (primary N) is 1. The van der Waals surface area contributed by atoms with Gasteiger partial charge >= 0.3 is 6.18 Å². The molecule has 2 aromatic carbocycles. The predicted molar refractivity (Wildman–Crippen MR) is 86.4 cm³/mol. The molecule has 0 spiro atoms. The standard InChI is InChI=1S/C18H16F3N3/c19-18(20,21)15-7-3-1-6-14(15)12-24-10-9-23-17(24)11-13-5-2-4-8-16(13)22/h1-10H,11-12,22H2. The highest BCUT2D eigenvalue weighted by atomic mass is 19.4. The molecule has 0 saturated heterocycles. The molecule has 0 saturated carbocycles. The van der Waals surface area contributed by atoms with Crippen LogP contribution in [0.2, 0.25) is 0 Å². The fraction of sp³-hybridized carbons (Fsp3) is 0.167. The van der Waals surface area contributed by atoms with Crippen molar-refractivity contribution in [2.75, 3.05) is 5.73 Å². The summed E-state index contributed by atoms with van der Waals surface area (Å²) in [7, 11) is 0. The topological polar surface area (TPSA) is 43.8 Å². The Morgan fingerprint density at radius 2 is 1.62 bits per heavy atom. The van der Waals surface area contributed by atoms with E-state index in [0.717, 1.165) is 11.6 Å². The van der Waals surface area contributed by atoms with Gasteiger partial charge in [-0.1, -0.05) is 36.4 Å². The summed E-state index contributed by atoms with van der Waals surface area (Å²) < 4.78 is 41.1. The lowest BCUT2D eigenvalue weighted by Gasteiger charge is -2.14. The molecule has 0 bridgehead atoms. The first-order chi connectivity index (χ1) is 11.4. The lowest BCUT2D eigenvalue weighted by molar-refractivity contribution is -0.138. The molecule has 1 heterocycles. The van der Waals surface area contributed by atoms with Gasteiger partial charge in [-0.15, -0.1) is 0 Å². The summed E-state index contributed by atoms with van der Waals surface area (Å²) in [4.78, 5) is 4.27. The Balaban J connectivity index is 1.89. The zero-order valence-corrected chi connectivity index (χ0v) is 12.8. The van der Waals surface area contributed by atoms with E-state index in [1.54, 1.807) is 29.1 Å². The van der Waals surface area contributed by atoms with E-state index in [1.807, 2.05) is 18.2 Å². The molecule has 0 unspecified atom stereocenters. The largest absolute Gasteiger partial charge is 0.416 e. The molecule has 0 radical (unpaired) electrons. The van der Waals surface area contributed by atoms with E-state index in [9.17, 15) is 13.2 Å². The van der Waals surface area contributed by atoms with Crippen LogP contribution in [-0.4, -0.2) is 9.55 Å². The molecule has 3 aromatic rings. The highest BCUT2D eigenvalue weighted by molar-refractivity contribution is 5.47. The maximum absolute atomic E-state index is 13.1. The quantitative estimate of drug-likeness (QED) is 0.731. The number of nitrogens with zero attached hydrogens (tertiary/aromatic N) is 2. The summed E-state index contributed by atoms with van der Waals surface area (Å²) in [5.74, 6) is 0.671. The fourth-order valence-electron chi connectivity index (χ4n) is 2.63. The first-order valence-corrected chi connectivity index (χ1v) is 7.43. The summed E-state index contributed by atoms with van der Waals surface area (Å²) >= 11 is 0. The Morgan fingerprint density at radius 3 is 2.33 bits per heavy atom. The van der Waals surface area contributed by atoms with Crippen LogP contribution in [-0.2, 0) is 19.1 Å². The second-order valence-electron chi connectivity index (χ2n) is 5.50. The van der Waals surface area contributed by atoms with Crippen molar-refractivity contribution in [1.29, 1.82) is 0 Å². The minimum absolute atomic E-state index is 0.109. The van der Waals surface area contributed by atoms with Gasteiger partial charge in [-0.25, -0.2) is 4.98 Å². The van der Waals surface area contributed by atoms with Crippen LogP contribution in [0.5, 0.6) is 0 Å². The number of rotatable bonds is 4.